The van der Waals surface area contributed by atoms with Crippen molar-refractivity contribution in [1.29, 1.82) is 0 Å². The zero-order valence-corrected chi connectivity index (χ0v) is 12.0. The van der Waals surface area contributed by atoms with Crippen LogP contribution in [-0.4, -0.2) is 69.9 Å². The van der Waals surface area contributed by atoms with E-state index in [0.717, 1.165) is 0 Å². The van der Waals surface area contributed by atoms with Gasteiger partial charge in [-0.25, -0.2) is 9.59 Å². The van der Waals surface area contributed by atoms with Crippen LogP contribution in [0.5, 0.6) is 0 Å². The second-order valence-electron chi connectivity index (χ2n) is 3.47. The minimum atomic E-state index is -1.08. The van der Waals surface area contributed by atoms with E-state index in [9.17, 15) is 9.59 Å². The molecule has 0 aromatic carbocycles. The van der Waals surface area contributed by atoms with Crippen LogP contribution in [-0.2, 0) is 0 Å². The number of nitrogens with zero attached hydrogens (tertiary/aromatic N) is 2. The average molecular weight is 284 g/mol. The van der Waals surface area contributed by atoms with Crippen molar-refractivity contribution in [2.24, 2.45) is 0 Å². The average Bonchev–Trinajstić information content (AvgIpc) is 2.39. The zero-order chi connectivity index (χ0) is 13.1. The third-order valence-corrected chi connectivity index (χ3v) is 2.28. The van der Waals surface area contributed by atoms with Gasteiger partial charge in [-0.2, -0.15) is 0 Å². The van der Waals surface area contributed by atoms with Gasteiger partial charge < -0.3 is 10.2 Å². The van der Waals surface area contributed by atoms with Gasteiger partial charge in [-0.05, 0) is 24.3 Å². The van der Waals surface area contributed by atoms with E-state index >= 15 is 0 Å². The van der Waals surface area contributed by atoms with Gasteiger partial charge >= 0.3 is 11.9 Å². The van der Waals surface area contributed by atoms with E-state index in [4.69, 9.17) is 10.2 Å². The number of carboxylic acids is 2. The molecule has 92 valence electrons. The molecule has 0 aliphatic carbocycles. The Morgan fingerprint density at radius 2 is 1.21 bits per heavy atom. The van der Waals surface area contributed by atoms with Crippen molar-refractivity contribution < 1.29 is 19.8 Å². The summed E-state index contributed by atoms with van der Waals surface area (Å²) in [4.78, 5) is 29.6. The molecular formula is C12H8CaN2O4. The summed E-state index contributed by atoms with van der Waals surface area (Å²) in [5.74, 6) is -2.15. The molecular weight excluding hydrogens is 276 g/mol. The fraction of sp³-hybridized carbons (Fsp3) is 0. The minimum Gasteiger partial charge on any atom is -0.478 e. The molecule has 0 fully saturated rings. The Balaban J connectivity index is 0.00000180. The topological polar surface area (TPSA) is 100 Å². The summed E-state index contributed by atoms with van der Waals surface area (Å²) in [6.45, 7) is 0. The van der Waals surface area contributed by atoms with Crippen molar-refractivity contribution in [2.45, 2.75) is 0 Å². The van der Waals surface area contributed by atoms with Gasteiger partial charge in [-0.3, -0.25) is 9.97 Å². The predicted octanol–water partition coefficient (Wildman–Crippen LogP) is 1.16. The Kier molecular flexibility index (Phi) is 5.41. The van der Waals surface area contributed by atoms with Gasteiger partial charge in [0.05, 0.1) is 22.5 Å². The second kappa shape index (κ2) is 6.60. The maximum atomic E-state index is 10.8. The van der Waals surface area contributed by atoms with E-state index in [0.29, 0.717) is 11.4 Å². The summed E-state index contributed by atoms with van der Waals surface area (Å²) in [5.41, 5.74) is 0.779. The normalized spacial score (nSPS) is 9.47. The van der Waals surface area contributed by atoms with Gasteiger partial charge in [0.1, 0.15) is 0 Å². The van der Waals surface area contributed by atoms with Crippen LogP contribution in [0.3, 0.4) is 0 Å². The first-order valence-electron chi connectivity index (χ1n) is 4.97. The molecule has 0 spiro atoms. The van der Waals surface area contributed by atoms with Crippen LogP contribution in [0.25, 0.3) is 11.4 Å². The van der Waals surface area contributed by atoms with Gasteiger partial charge in [-0.15, -0.1) is 0 Å². The molecule has 0 aliphatic heterocycles. The number of hydrogen-bond donors (Lipinski definition) is 2. The van der Waals surface area contributed by atoms with Crippen LogP contribution in [0.15, 0.2) is 36.7 Å². The zero-order valence-electron chi connectivity index (χ0n) is 9.78. The fourth-order valence-corrected chi connectivity index (χ4v) is 1.41. The number of carbonyl (C=O) groups is 2. The van der Waals surface area contributed by atoms with E-state index in [-0.39, 0.29) is 48.9 Å². The third-order valence-electron chi connectivity index (χ3n) is 2.28. The molecule has 0 unspecified atom stereocenters. The van der Waals surface area contributed by atoms with Crippen LogP contribution in [0.4, 0.5) is 0 Å². The Hall–Kier alpha value is -1.50. The van der Waals surface area contributed by atoms with E-state index in [1.807, 2.05) is 0 Å². The molecule has 7 heteroatoms. The Labute approximate surface area is 138 Å². The first kappa shape index (κ1) is 15.6. The largest absolute Gasteiger partial charge is 0.478 e. The molecule has 0 saturated heterocycles. The first-order valence-corrected chi connectivity index (χ1v) is 4.97. The van der Waals surface area contributed by atoms with Crippen LogP contribution in [0.2, 0.25) is 0 Å². The molecule has 19 heavy (non-hydrogen) atoms. The van der Waals surface area contributed by atoms with Gasteiger partial charge in [0.2, 0.25) is 0 Å². The summed E-state index contributed by atoms with van der Waals surface area (Å²) in [6.07, 6.45) is 2.68. The number of rotatable bonds is 3. The van der Waals surface area contributed by atoms with Crippen LogP contribution < -0.4 is 0 Å². The first-order chi connectivity index (χ1) is 8.58. The summed E-state index contributed by atoms with van der Waals surface area (Å²) in [5, 5.41) is 17.7. The van der Waals surface area contributed by atoms with Crippen LogP contribution in [0, 0.1) is 0 Å². The van der Waals surface area contributed by atoms with Gasteiger partial charge in [0, 0.05) is 50.1 Å². The number of aromatic carboxylic acids is 2. The minimum absolute atomic E-state index is 0. The van der Waals surface area contributed by atoms with E-state index in [1.54, 1.807) is 0 Å². The van der Waals surface area contributed by atoms with Gasteiger partial charge in [0.15, 0.2) is 0 Å². The molecule has 2 heterocycles. The number of aromatic nitrogens is 2. The Morgan fingerprint density at radius 1 is 0.842 bits per heavy atom. The fourth-order valence-electron chi connectivity index (χ4n) is 1.41. The van der Waals surface area contributed by atoms with Crippen molar-refractivity contribution in [2.75, 3.05) is 0 Å². The molecule has 2 aromatic rings. The number of hydrogen-bond acceptors (Lipinski definition) is 4. The molecule has 0 aliphatic rings. The molecule has 2 aromatic heterocycles. The molecule has 0 saturated carbocycles. The quantitative estimate of drug-likeness (QED) is 0.820. The van der Waals surface area contributed by atoms with E-state index in [2.05, 4.69) is 9.97 Å². The van der Waals surface area contributed by atoms with Crippen molar-refractivity contribution in [1.82, 2.24) is 9.97 Å². The van der Waals surface area contributed by atoms with Crippen LogP contribution in [0.1, 0.15) is 20.7 Å². The van der Waals surface area contributed by atoms with Crippen molar-refractivity contribution in [3.05, 3.63) is 47.8 Å². The summed E-state index contributed by atoms with van der Waals surface area (Å²) >= 11 is 0. The third kappa shape index (κ3) is 3.73. The van der Waals surface area contributed by atoms with E-state index < -0.39 is 11.9 Å². The van der Waals surface area contributed by atoms with Crippen LogP contribution >= 0.6 is 0 Å². The summed E-state index contributed by atoms with van der Waals surface area (Å²) < 4.78 is 0. The number of carboxylic acid groups (broad SMARTS) is 2. The molecule has 0 amide bonds. The summed E-state index contributed by atoms with van der Waals surface area (Å²) in [6, 6.07) is 5.40. The molecule has 6 nitrogen and oxygen atoms in total. The molecule has 0 bridgehead atoms. The maximum Gasteiger partial charge on any atom is 0.335 e. The molecule has 2 radical (unpaired) electrons. The Bertz CT molecular complexity index is 575. The maximum absolute atomic E-state index is 10.8. The molecule has 2 N–H and O–H groups in total. The van der Waals surface area contributed by atoms with E-state index in [1.165, 1.54) is 36.7 Å². The molecule has 2 rings (SSSR count). The smallest absolute Gasteiger partial charge is 0.335 e. The number of pyridine rings is 2. The summed E-state index contributed by atoms with van der Waals surface area (Å²) in [7, 11) is 0. The van der Waals surface area contributed by atoms with Gasteiger partial charge in [0.25, 0.3) is 0 Å². The Morgan fingerprint density at radius 3 is 1.53 bits per heavy atom. The monoisotopic (exact) mass is 284 g/mol. The van der Waals surface area contributed by atoms with Crippen molar-refractivity contribution in [3.63, 3.8) is 0 Å². The van der Waals surface area contributed by atoms with Crippen molar-refractivity contribution >= 4 is 49.7 Å². The predicted molar refractivity (Wildman–Crippen MR) is 67.1 cm³/mol. The van der Waals surface area contributed by atoms with Crippen molar-refractivity contribution in [3.8, 4) is 11.4 Å². The molecule has 0 atom stereocenters. The van der Waals surface area contributed by atoms with Gasteiger partial charge in [-0.1, -0.05) is 0 Å². The second-order valence-corrected chi connectivity index (χ2v) is 3.47. The SMILES string of the molecule is O=C(O)c1ccnc(-c2cc(C(=O)O)ccn2)c1.[Ca]. The standard InChI is InChI=1S/C12H8N2O4.Ca/c15-11(16)7-1-3-13-9(5-7)10-6-8(12(17)18)2-4-14-10;/h1-6H,(H,15,16)(H,17,18);.